The molecule has 2 nitrogen and oxygen atoms in total. The Hall–Kier alpha value is 0.270. The smallest absolute Gasteiger partial charge is 0.00692 e. The molecule has 92 valence electrons. The summed E-state index contributed by atoms with van der Waals surface area (Å²) in [6.45, 7) is 5.58. The molecular weight excluding hydrogens is 204 g/mol. The zero-order valence-corrected chi connectivity index (χ0v) is 11.5. The fraction of sp³-hybridized carbons (Fsp3) is 1.00. The summed E-state index contributed by atoms with van der Waals surface area (Å²) in [4.78, 5) is 2.44. The first-order chi connectivity index (χ1) is 7.24. The Kier molecular flexibility index (Phi) is 11.0. The number of nitrogens with zero attached hydrogens (tertiary/aromatic N) is 1. The van der Waals surface area contributed by atoms with Crippen LogP contribution in [0.25, 0.3) is 0 Å². The van der Waals surface area contributed by atoms with Crippen molar-refractivity contribution in [2.24, 2.45) is 11.7 Å². The molecule has 0 amide bonds. The van der Waals surface area contributed by atoms with Crippen LogP contribution in [-0.4, -0.2) is 43.6 Å². The lowest BCUT2D eigenvalue weighted by Crippen LogP contribution is -2.23. The van der Waals surface area contributed by atoms with E-state index < -0.39 is 0 Å². The number of hydrogen-bond donors (Lipinski definition) is 1. The molecular formula is C12H28N2S. The van der Waals surface area contributed by atoms with Crippen LogP contribution >= 0.6 is 11.8 Å². The Bertz CT molecular complexity index is 131. The van der Waals surface area contributed by atoms with Crippen molar-refractivity contribution in [2.75, 3.05) is 38.7 Å². The molecule has 3 heteroatoms. The van der Waals surface area contributed by atoms with Crippen LogP contribution in [0, 0.1) is 5.92 Å². The van der Waals surface area contributed by atoms with Crippen molar-refractivity contribution < 1.29 is 0 Å². The summed E-state index contributed by atoms with van der Waals surface area (Å²) in [6.07, 6.45) is 7.32. The second-order valence-corrected chi connectivity index (χ2v) is 5.28. The average Bonchev–Trinajstić information content (AvgIpc) is 2.25. The molecule has 1 atom stereocenters. The molecule has 0 saturated heterocycles. The molecule has 0 bridgehead atoms. The Morgan fingerprint density at radius 1 is 1.27 bits per heavy atom. The zero-order chi connectivity index (χ0) is 11.5. The maximum Gasteiger partial charge on any atom is 0.00692 e. The number of thioether (sulfide) groups is 1. The van der Waals surface area contributed by atoms with Crippen LogP contribution in [0.15, 0.2) is 0 Å². The lowest BCUT2D eigenvalue weighted by Gasteiger charge is -2.18. The Balaban J connectivity index is 3.41. The maximum atomic E-state index is 5.59. The molecule has 0 rings (SSSR count). The summed E-state index contributed by atoms with van der Waals surface area (Å²) < 4.78 is 0. The Labute approximate surface area is 100.0 Å². The summed E-state index contributed by atoms with van der Waals surface area (Å²) in [6, 6.07) is 0. The van der Waals surface area contributed by atoms with Crippen LogP contribution in [0.5, 0.6) is 0 Å². The van der Waals surface area contributed by atoms with Gasteiger partial charge in [-0.1, -0.05) is 13.3 Å². The van der Waals surface area contributed by atoms with Gasteiger partial charge in [-0.15, -0.1) is 0 Å². The number of nitrogens with two attached hydrogens (primary N) is 1. The van der Waals surface area contributed by atoms with E-state index in [9.17, 15) is 0 Å². The third kappa shape index (κ3) is 9.21. The Morgan fingerprint density at radius 3 is 2.53 bits per heavy atom. The molecule has 1 unspecified atom stereocenters. The summed E-state index contributed by atoms with van der Waals surface area (Å²) in [7, 11) is 2.22. The van der Waals surface area contributed by atoms with Crippen molar-refractivity contribution in [3.63, 3.8) is 0 Å². The summed E-state index contributed by atoms with van der Waals surface area (Å²) in [5, 5.41) is 0. The molecule has 0 radical (unpaired) electrons. The molecule has 0 aliphatic rings. The highest BCUT2D eigenvalue weighted by Gasteiger charge is 2.05. The molecule has 2 N–H and O–H groups in total. The molecule has 15 heavy (non-hydrogen) atoms. The largest absolute Gasteiger partial charge is 0.330 e. The van der Waals surface area contributed by atoms with Crippen molar-refractivity contribution in [1.29, 1.82) is 0 Å². The first-order valence-electron chi connectivity index (χ1n) is 6.12. The SMILES string of the molecule is CCC(CCN)CCCN(C)CCSC. The van der Waals surface area contributed by atoms with Gasteiger partial charge < -0.3 is 10.6 Å². The second kappa shape index (κ2) is 10.8. The highest BCUT2D eigenvalue weighted by atomic mass is 32.2. The van der Waals surface area contributed by atoms with E-state index in [1.807, 2.05) is 11.8 Å². The van der Waals surface area contributed by atoms with Crippen LogP contribution in [-0.2, 0) is 0 Å². The van der Waals surface area contributed by atoms with Crippen molar-refractivity contribution in [1.82, 2.24) is 4.90 Å². The molecule has 0 spiro atoms. The zero-order valence-electron chi connectivity index (χ0n) is 10.7. The van der Waals surface area contributed by atoms with Crippen molar-refractivity contribution in [3.05, 3.63) is 0 Å². The van der Waals surface area contributed by atoms with Crippen LogP contribution in [0.1, 0.15) is 32.6 Å². The van der Waals surface area contributed by atoms with E-state index in [1.165, 1.54) is 44.5 Å². The van der Waals surface area contributed by atoms with Crippen LogP contribution in [0.2, 0.25) is 0 Å². The van der Waals surface area contributed by atoms with E-state index in [0.29, 0.717) is 0 Å². The Morgan fingerprint density at radius 2 is 2.00 bits per heavy atom. The third-order valence-electron chi connectivity index (χ3n) is 2.98. The van der Waals surface area contributed by atoms with Crippen LogP contribution in [0.4, 0.5) is 0 Å². The normalized spacial score (nSPS) is 13.4. The van der Waals surface area contributed by atoms with E-state index >= 15 is 0 Å². The van der Waals surface area contributed by atoms with E-state index in [4.69, 9.17) is 5.73 Å². The predicted molar refractivity (Wildman–Crippen MR) is 72.6 cm³/mol. The monoisotopic (exact) mass is 232 g/mol. The number of hydrogen-bond acceptors (Lipinski definition) is 3. The van der Waals surface area contributed by atoms with Gasteiger partial charge >= 0.3 is 0 Å². The molecule has 0 aliphatic heterocycles. The van der Waals surface area contributed by atoms with Gasteiger partial charge in [-0.3, -0.25) is 0 Å². The minimum Gasteiger partial charge on any atom is -0.330 e. The highest BCUT2D eigenvalue weighted by Crippen LogP contribution is 2.14. The molecule has 0 aromatic rings. The molecule has 0 saturated carbocycles. The first kappa shape index (κ1) is 15.3. The minimum absolute atomic E-state index is 0.848. The summed E-state index contributed by atoms with van der Waals surface area (Å²) in [5.74, 6) is 2.10. The molecule has 0 aromatic carbocycles. The average molecular weight is 232 g/mol. The first-order valence-corrected chi connectivity index (χ1v) is 7.51. The van der Waals surface area contributed by atoms with Gasteiger partial charge in [0.2, 0.25) is 0 Å². The fourth-order valence-electron chi connectivity index (χ4n) is 1.80. The molecule has 0 aliphatic carbocycles. The van der Waals surface area contributed by atoms with E-state index in [2.05, 4.69) is 25.1 Å². The van der Waals surface area contributed by atoms with Gasteiger partial charge in [-0.2, -0.15) is 11.8 Å². The molecule has 0 heterocycles. The minimum atomic E-state index is 0.848. The lowest BCUT2D eigenvalue weighted by molar-refractivity contribution is 0.322. The summed E-state index contributed by atoms with van der Waals surface area (Å²) in [5.41, 5.74) is 5.59. The van der Waals surface area contributed by atoms with Crippen molar-refractivity contribution >= 4 is 11.8 Å². The fourth-order valence-corrected chi connectivity index (χ4v) is 2.29. The van der Waals surface area contributed by atoms with Crippen molar-refractivity contribution in [2.45, 2.75) is 32.6 Å². The van der Waals surface area contributed by atoms with Crippen LogP contribution in [0.3, 0.4) is 0 Å². The predicted octanol–water partition coefficient (Wildman–Crippen LogP) is 2.44. The van der Waals surface area contributed by atoms with Gasteiger partial charge in [0.25, 0.3) is 0 Å². The van der Waals surface area contributed by atoms with E-state index in [0.717, 1.165) is 12.5 Å². The van der Waals surface area contributed by atoms with Gasteiger partial charge in [-0.25, -0.2) is 0 Å². The molecule has 0 aromatic heterocycles. The van der Waals surface area contributed by atoms with Gasteiger partial charge in [0.05, 0.1) is 0 Å². The van der Waals surface area contributed by atoms with Gasteiger partial charge in [0, 0.05) is 12.3 Å². The quantitative estimate of drug-likeness (QED) is 0.627. The third-order valence-corrected chi connectivity index (χ3v) is 3.57. The maximum absolute atomic E-state index is 5.59. The van der Waals surface area contributed by atoms with Gasteiger partial charge in [0.15, 0.2) is 0 Å². The van der Waals surface area contributed by atoms with Gasteiger partial charge in [-0.05, 0) is 51.6 Å². The highest BCUT2D eigenvalue weighted by molar-refractivity contribution is 7.98. The topological polar surface area (TPSA) is 29.3 Å². The van der Waals surface area contributed by atoms with E-state index in [1.54, 1.807) is 0 Å². The summed E-state index contributed by atoms with van der Waals surface area (Å²) >= 11 is 1.92. The van der Waals surface area contributed by atoms with Crippen LogP contribution < -0.4 is 5.73 Å². The van der Waals surface area contributed by atoms with Crippen molar-refractivity contribution in [3.8, 4) is 0 Å². The van der Waals surface area contributed by atoms with E-state index in [-0.39, 0.29) is 0 Å². The molecule has 0 fully saturated rings. The van der Waals surface area contributed by atoms with Gasteiger partial charge in [0.1, 0.15) is 0 Å². The lowest BCUT2D eigenvalue weighted by atomic mass is 9.97. The standard InChI is InChI=1S/C12H28N2S/c1-4-12(7-8-13)6-5-9-14(2)10-11-15-3/h12H,4-11,13H2,1-3H3. The second-order valence-electron chi connectivity index (χ2n) is 4.29. The number of rotatable bonds is 10.